The Bertz CT molecular complexity index is 1030. The zero-order valence-electron chi connectivity index (χ0n) is 18.3. The highest BCUT2D eigenvalue weighted by Crippen LogP contribution is 2.27. The number of piperidine rings is 1. The second-order valence-corrected chi connectivity index (χ2v) is 8.28. The van der Waals surface area contributed by atoms with E-state index in [-0.39, 0.29) is 5.91 Å². The van der Waals surface area contributed by atoms with Crippen molar-refractivity contribution >= 4 is 22.4 Å². The van der Waals surface area contributed by atoms with Crippen LogP contribution in [0.2, 0.25) is 0 Å². The van der Waals surface area contributed by atoms with Crippen LogP contribution in [-0.2, 0) is 11.3 Å². The molecule has 1 heterocycles. The number of benzene rings is 3. The molecule has 4 rings (SSSR count). The molecule has 1 unspecified atom stereocenters. The average molecular weight is 419 g/mol. The first-order valence-electron chi connectivity index (χ1n) is 10.9. The predicted octanol–water partition coefficient (Wildman–Crippen LogP) is 5.10. The summed E-state index contributed by atoms with van der Waals surface area (Å²) in [6.45, 7) is 2.95. The van der Waals surface area contributed by atoms with E-state index in [0.29, 0.717) is 29.5 Å². The van der Waals surface area contributed by atoms with Crippen molar-refractivity contribution in [3.63, 3.8) is 0 Å². The van der Waals surface area contributed by atoms with Gasteiger partial charge in [0.15, 0.2) is 0 Å². The van der Waals surface area contributed by atoms with Crippen molar-refractivity contribution in [1.29, 1.82) is 0 Å². The predicted molar refractivity (Wildman–Crippen MR) is 125 cm³/mol. The minimum atomic E-state index is 0.0351. The van der Waals surface area contributed by atoms with Gasteiger partial charge in [-0.05, 0) is 47.7 Å². The minimum absolute atomic E-state index is 0.0351. The van der Waals surface area contributed by atoms with Gasteiger partial charge < -0.3 is 14.8 Å². The van der Waals surface area contributed by atoms with E-state index in [4.69, 9.17) is 9.47 Å². The van der Waals surface area contributed by atoms with Crippen LogP contribution < -0.4 is 14.8 Å². The van der Waals surface area contributed by atoms with Crippen molar-refractivity contribution in [2.75, 3.05) is 32.6 Å². The number of amides is 1. The van der Waals surface area contributed by atoms with Gasteiger partial charge in [0.05, 0.1) is 14.2 Å². The van der Waals surface area contributed by atoms with E-state index in [2.05, 4.69) is 52.7 Å². The largest absolute Gasteiger partial charge is 0.497 e. The summed E-state index contributed by atoms with van der Waals surface area (Å²) in [4.78, 5) is 15.2. The average Bonchev–Trinajstić information content (AvgIpc) is 2.78. The highest BCUT2D eigenvalue weighted by Gasteiger charge is 2.22. The second-order valence-electron chi connectivity index (χ2n) is 8.28. The lowest BCUT2D eigenvalue weighted by atomic mass is 9.94. The summed E-state index contributed by atoms with van der Waals surface area (Å²) in [6, 6.07) is 20.6. The highest BCUT2D eigenvalue weighted by atomic mass is 16.5. The highest BCUT2D eigenvalue weighted by molar-refractivity contribution is 5.91. The van der Waals surface area contributed by atoms with Crippen molar-refractivity contribution in [3.8, 4) is 11.5 Å². The van der Waals surface area contributed by atoms with E-state index < -0.39 is 0 Å². The topological polar surface area (TPSA) is 50.8 Å². The van der Waals surface area contributed by atoms with Gasteiger partial charge in [0.2, 0.25) is 5.91 Å². The van der Waals surface area contributed by atoms with E-state index in [0.717, 1.165) is 32.5 Å². The Labute approximate surface area is 184 Å². The van der Waals surface area contributed by atoms with Gasteiger partial charge in [-0.3, -0.25) is 9.69 Å². The van der Waals surface area contributed by atoms with Gasteiger partial charge >= 0.3 is 0 Å². The Kier molecular flexibility index (Phi) is 6.73. The van der Waals surface area contributed by atoms with Crippen LogP contribution in [0.5, 0.6) is 11.5 Å². The first-order chi connectivity index (χ1) is 15.1. The first-order valence-corrected chi connectivity index (χ1v) is 10.9. The molecule has 162 valence electrons. The summed E-state index contributed by atoms with van der Waals surface area (Å²) in [5.74, 6) is 1.72. The molecule has 5 nitrogen and oxygen atoms in total. The van der Waals surface area contributed by atoms with E-state index >= 15 is 0 Å². The lowest BCUT2D eigenvalue weighted by Gasteiger charge is -2.32. The summed E-state index contributed by atoms with van der Waals surface area (Å²) in [5, 5.41) is 5.56. The maximum absolute atomic E-state index is 12.7. The van der Waals surface area contributed by atoms with Crippen LogP contribution in [-0.4, -0.2) is 38.1 Å². The summed E-state index contributed by atoms with van der Waals surface area (Å²) in [5.41, 5.74) is 2.03. The maximum Gasteiger partial charge on any atom is 0.224 e. The fourth-order valence-electron chi connectivity index (χ4n) is 4.41. The third-order valence-electron chi connectivity index (χ3n) is 5.93. The van der Waals surface area contributed by atoms with Gasteiger partial charge in [-0.25, -0.2) is 0 Å². The Hall–Kier alpha value is -3.05. The van der Waals surface area contributed by atoms with Crippen LogP contribution in [0.25, 0.3) is 10.8 Å². The molecule has 0 spiro atoms. The van der Waals surface area contributed by atoms with Crippen molar-refractivity contribution in [1.82, 2.24) is 4.90 Å². The maximum atomic E-state index is 12.7. The van der Waals surface area contributed by atoms with Crippen LogP contribution >= 0.6 is 0 Å². The molecular formula is C26H30N2O3. The van der Waals surface area contributed by atoms with E-state index in [1.807, 2.05) is 12.1 Å². The van der Waals surface area contributed by atoms with E-state index in [1.54, 1.807) is 20.3 Å². The monoisotopic (exact) mass is 418 g/mol. The summed E-state index contributed by atoms with van der Waals surface area (Å²) in [7, 11) is 3.21. The zero-order valence-corrected chi connectivity index (χ0v) is 18.3. The quantitative estimate of drug-likeness (QED) is 0.580. The van der Waals surface area contributed by atoms with Crippen molar-refractivity contribution < 1.29 is 14.3 Å². The standard InChI is InChI=1S/C26H30N2O3/c1-30-24-14-23(15-25(16-24)31-2)27-26(29)13-19-6-5-11-28(17-19)18-20-9-10-21-7-3-4-8-22(21)12-20/h3-4,7-10,12,14-16,19H,5-6,11,13,17-18H2,1-2H3,(H,27,29). The van der Waals surface area contributed by atoms with Crippen LogP contribution in [0.4, 0.5) is 5.69 Å². The molecule has 5 heteroatoms. The van der Waals surface area contributed by atoms with Gasteiger partial charge in [-0.2, -0.15) is 0 Å². The fourth-order valence-corrected chi connectivity index (χ4v) is 4.41. The second kappa shape index (κ2) is 9.84. The lowest BCUT2D eigenvalue weighted by molar-refractivity contribution is -0.117. The number of likely N-dealkylation sites (tertiary alicyclic amines) is 1. The Morgan fingerprint density at radius 1 is 1.00 bits per heavy atom. The van der Waals surface area contributed by atoms with Crippen LogP contribution in [0.3, 0.4) is 0 Å². The number of carbonyl (C=O) groups is 1. The molecular weight excluding hydrogens is 388 g/mol. The minimum Gasteiger partial charge on any atom is -0.497 e. The van der Waals surface area contributed by atoms with Crippen LogP contribution in [0, 0.1) is 5.92 Å². The number of nitrogens with one attached hydrogen (secondary N) is 1. The number of rotatable bonds is 7. The van der Waals surface area contributed by atoms with Crippen LogP contribution in [0.15, 0.2) is 60.7 Å². The molecule has 0 aromatic heterocycles. The zero-order chi connectivity index (χ0) is 21.6. The smallest absolute Gasteiger partial charge is 0.224 e. The van der Waals surface area contributed by atoms with Gasteiger partial charge in [-0.15, -0.1) is 0 Å². The molecule has 3 aromatic rings. The van der Waals surface area contributed by atoms with Crippen molar-refractivity contribution in [3.05, 3.63) is 66.2 Å². The number of fused-ring (bicyclic) bond motifs is 1. The number of nitrogens with zero attached hydrogens (tertiary/aromatic N) is 1. The third kappa shape index (κ3) is 5.56. The molecule has 0 saturated carbocycles. The molecule has 1 saturated heterocycles. The molecule has 1 aliphatic heterocycles. The van der Waals surface area contributed by atoms with Gasteiger partial charge in [0, 0.05) is 43.4 Å². The van der Waals surface area contributed by atoms with Crippen LogP contribution in [0.1, 0.15) is 24.8 Å². The van der Waals surface area contributed by atoms with Gasteiger partial charge in [0.25, 0.3) is 0 Å². The number of carbonyl (C=O) groups excluding carboxylic acids is 1. The summed E-state index contributed by atoms with van der Waals surface area (Å²) in [6.07, 6.45) is 2.73. The van der Waals surface area contributed by atoms with Crippen molar-refractivity contribution in [2.24, 2.45) is 5.92 Å². The number of hydrogen-bond donors (Lipinski definition) is 1. The molecule has 0 radical (unpaired) electrons. The Morgan fingerprint density at radius 2 is 1.74 bits per heavy atom. The van der Waals surface area contributed by atoms with E-state index in [1.165, 1.54) is 16.3 Å². The number of hydrogen-bond acceptors (Lipinski definition) is 4. The molecule has 0 aliphatic carbocycles. The normalized spacial score (nSPS) is 16.8. The third-order valence-corrected chi connectivity index (χ3v) is 5.93. The molecule has 1 N–H and O–H groups in total. The lowest BCUT2D eigenvalue weighted by Crippen LogP contribution is -2.36. The number of anilines is 1. The molecule has 1 aliphatic rings. The SMILES string of the molecule is COc1cc(NC(=O)CC2CCCN(Cc3ccc4ccccc4c3)C2)cc(OC)c1. The molecule has 1 fully saturated rings. The molecule has 3 aromatic carbocycles. The first kappa shape index (κ1) is 21.2. The molecule has 1 atom stereocenters. The molecule has 31 heavy (non-hydrogen) atoms. The summed E-state index contributed by atoms with van der Waals surface area (Å²) >= 11 is 0. The Balaban J connectivity index is 1.34. The Morgan fingerprint density at radius 3 is 2.48 bits per heavy atom. The number of ether oxygens (including phenoxy) is 2. The fraction of sp³-hybridized carbons (Fsp3) is 0.346. The van der Waals surface area contributed by atoms with Gasteiger partial charge in [0.1, 0.15) is 11.5 Å². The van der Waals surface area contributed by atoms with E-state index in [9.17, 15) is 4.79 Å². The number of methoxy groups -OCH3 is 2. The van der Waals surface area contributed by atoms with Crippen molar-refractivity contribution in [2.45, 2.75) is 25.8 Å². The molecule has 0 bridgehead atoms. The molecule has 1 amide bonds. The van der Waals surface area contributed by atoms with Gasteiger partial charge in [-0.1, -0.05) is 36.4 Å². The summed E-state index contributed by atoms with van der Waals surface area (Å²) < 4.78 is 10.6.